The largest absolute Gasteiger partial charge is 0.454 e. The molecule has 1 aliphatic heterocycles. The van der Waals surface area contributed by atoms with Gasteiger partial charge in [0.05, 0.1) is 17.1 Å². The molecule has 1 saturated carbocycles. The number of rotatable bonds is 6. The molecule has 0 radical (unpaired) electrons. The molecule has 0 N–H and O–H groups in total. The molecule has 5 rings (SSSR count). The van der Waals surface area contributed by atoms with Gasteiger partial charge in [0, 0.05) is 23.0 Å². The number of carbonyl (C=O) groups excluding carboxylic acids is 1. The van der Waals surface area contributed by atoms with E-state index in [0.717, 1.165) is 63.9 Å². The predicted octanol–water partition coefficient (Wildman–Crippen LogP) is 5.50. The van der Waals surface area contributed by atoms with E-state index >= 15 is 0 Å². The molecule has 1 amide bonds. The Hall–Kier alpha value is -2.93. The highest BCUT2D eigenvalue weighted by Gasteiger charge is 2.28. The molecule has 166 valence electrons. The quantitative estimate of drug-likeness (QED) is 0.496. The molecule has 0 atom stereocenters. The van der Waals surface area contributed by atoms with E-state index in [1.807, 2.05) is 30.0 Å². The number of nitrogens with zero attached hydrogens (tertiary/aromatic N) is 2. The maximum absolute atomic E-state index is 13.6. The van der Waals surface area contributed by atoms with Gasteiger partial charge in [-0.25, -0.2) is 9.37 Å². The molecular formula is C25H25FN2O3S. The van der Waals surface area contributed by atoms with Crippen molar-refractivity contribution in [3.63, 3.8) is 0 Å². The van der Waals surface area contributed by atoms with Gasteiger partial charge in [0.15, 0.2) is 11.5 Å². The zero-order valence-corrected chi connectivity index (χ0v) is 18.8. The van der Waals surface area contributed by atoms with Gasteiger partial charge in [-0.05, 0) is 61.7 Å². The van der Waals surface area contributed by atoms with E-state index < -0.39 is 0 Å². The number of aryl methyl sites for hydroxylation is 1. The number of halogens is 1. The highest BCUT2D eigenvalue weighted by atomic mass is 32.1. The molecular weight excluding hydrogens is 427 g/mol. The van der Waals surface area contributed by atoms with Gasteiger partial charge in [0.2, 0.25) is 12.7 Å². The minimum absolute atomic E-state index is 0.0987. The Morgan fingerprint density at radius 2 is 1.88 bits per heavy atom. The first-order valence-corrected chi connectivity index (χ1v) is 11.8. The van der Waals surface area contributed by atoms with Crippen molar-refractivity contribution in [1.29, 1.82) is 0 Å². The number of ether oxygens (including phenoxy) is 2. The normalized spacial score (nSPS) is 15.3. The van der Waals surface area contributed by atoms with Crippen LogP contribution in [0.1, 0.15) is 41.1 Å². The van der Waals surface area contributed by atoms with Crippen molar-refractivity contribution in [3.8, 4) is 22.8 Å². The van der Waals surface area contributed by atoms with Crippen molar-refractivity contribution < 1.29 is 18.7 Å². The van der Waals surface area contributed by atoms with Gasteiger partial charge < -0.3 is 14.4 Å². The van der Waals surface area contributed by atoms with Gasteiger partial charge in [0.1, 0.15) is 5.82 Å². The number of fused-ring (bicyclic) bond motifs is 1. The van der Waals surface area contributed by atoms with Crippen LogP contribution in [-0.4, -0.2) is 28.6 Å². The van der Waals surface area contributed by atoms with Crippen molar-refractivity contribution in [2.45, 2.75) is 51.6 Å². The SMILES string of the molecule is Cc1nc(-c2ccc(F)cc2)c(CC(=O)N(Cc2ccc3c(c2)OCO3)C2CCCC2)s1. The summed E-state index contributed by atoms with van der Waals surface area (Å²) in [6.45, 7) is 2.72. The van der Waals surface area contributed by atoms with Crippen LogP contribution in [0, 0.1) is 12.7 Å². The summed E-state index contributed by atoms with van der Waals surface area (Å²) in [5, 5.41) is 0.898. The number of carbonyl (C=O) groups is 1. The second-order valence-electron chi connectivity index (χ2n) is 8.34. The van der Waals surface area contributed by atoms with Crippen LogP contribution < -0.4 is 9.47 Å². The van der Waals surface area contributed by atoms with Crippen LogP contribution in [0.25, 0.3) is 11.3 Å². The fraction of sp³-hybridized carbons (Fsp3) is 0.360. The average Bonchev–Trinajstić information content (AvgIpc) is 3.53. The first-order chi connectivity index (χ1) is 15.6. The number of aromatic nitrogens is 1. The molecule has 2 heterocycles. The van der Waals surface area contributed by atoms with E-state index in [4.69, 9.17) is 9.47 Å². The molecule has 0 unspecified atom stereocenters. The van der Waals surface area contributed by atoms with Gasteiger partial charge in [0.25, 0.3) is 0 Å². The van der Waals surface area contributed by atoms with E-state index in [1.165, 1.54) is 23.5 Å². The minimum Gasteiger partial charge on any atom is -0.454 e. The summed E-state index contributed by atoms with van der Waals surface area (Å²) in [4.78, 5) is 21.2. The lowest BCUT2D eigenvalue weighted by molar-refractivity contribution is -0.133. The van der Waals surface area contributed by atoms with Crippen LogP contribution in [0.3, 0.4) is 0 Å². The lowest BCUT2D eigenvalue weighted by Gasteiger charge is -2.29. The lowest BCUT2D eigenvalue weighted by atomic mass is 10.1. The second-order valence-corrected chi connectivity index (χ2v) is 9.62. The molecule has 2 aliphatic rings. The van der Waals surface area contributed by atoms with Crippen molar-refractivity contribution in [1.82, 2.24) is 9.88 Å². The standard InChI is InChI=1S/C25H25FN2O3S/c1-16-27-25(18-7-9-19(26)10-8-18)23(32-16)13-24(29)28(20-4-2-3-5-20)14-17-6-11-21-22(12-17)31-15-30-21/h6-12,20H,2-5,13-15H2,1H3. The maximum atomic E-state index is 13.6. The first kappa shape index (κ1) is 20.9. The maximum Gasteiger partial charge on any atom is 0.231 e. The van der Waals surface area contributed by atoms with Crippen LogP contribution in [0.15, 0.2) is 42.5 Å². The molecule has 2 aromatic carbocycles. The molecule has 32 heavy (non-hydrogen) atoms. The second kappa shape index (κ2) is 8.90. The summed E-state index contributed by atoms with van der Waals surface area (Å²) in [5.41, 5.74) is 2.64. The zero-order chi connectivity index (χ0) is 22.1. The summed E-state index contributed by atoms with van der Waals surface area (Å²) in [6, 6.07) is 12.4. The smallest absolute Gasteiger partial charge is 0.231 e. The Kier molecular flexibility index (Phi) is 5.83. The Labute approximate surface area is 190 Å². The number of amides is 1. The molecule has 0 bridgehead atoms. The average molecular weight is 453 g/mol. The summed E-state index contributed by atoms with van der Waals surface area (Å²) in [7, 11) is 0. The molecule has 0 saturated heterocycles. The van der Waals surface area contributed by atoms with Gasteiger partial charge in [-0.15, -0.1) is 11.3 Å². The van der Waals surface area contributed by atoms with Crippen LogP contribution in [0.4, 0.5) is 4.39 Å². The zero-order valence-electron chi connectivity index (χ0n) is 18.0. The third-order valence-corrected chi connectivity index (χ3v) is 7.08. The molecule has 1 aliphatic carbocycles. The van der Waals surface area contributed by atoms with E-state index in [2.05, 4.69) is 4.98 Å². The van der Waals surface area contributed by atoms with Crippen molar-refractivity contribution in [2.75, 3.05) is 6.79 Å². The van der Waals surface area contributed by atoms with E-state index in [-0.39, 0.29) is 24.6 Å². The number of hydrogen-bond acceptors (Lipinski definition) is 5. The van der Waals surface area contributed by atoms with Gasteiger partial charge in [-0.1, -0.05) is 18.9 Å². The van der Waals surface area contributed by atoms with Crippen molar-refractivity contribution in [3.05, 3.63) is 63.7 Å². The van der Waals surface area contributed by atoms with Crippen molar-refractivity contribution >= 4 is 17.2 Å². The highest BCUT2D eigenvalue weighted by molar-refractivity contribution is 7.12. The lowest BCUT2D eigenvalue weighted by Crippen LogP contribution is -2.39. The Bertz CT molecular complexity index is 1120. The van der Waals surface area contributed by atoms with Crippen LogP contribution in [-0.2, 0) is 17.8 Å². The van der Waals surface area contributed by atoms with Crippen LogP contribution in [0.2, 0.25) is 0 Å². The summed E-state index contributed by atoms with van der Waals surface area (Å²) >= 11 is 1.54. The molecule has 0 spiro atoms. The highest BCUT2D eigenvalue weighted by Crippen LogP contribution is 2.35. The molecule has 3 aromatic rings. The van der Waals surface area contributed by atoms with E-state index in [9.17, 15) is 9.18 Å². The molecule has 5 nitrogen and oxygen atoms in total. The summed E-state index contributed by atoms with van der Waals surface area (Å²) in [5.74, 6) is 1.30. The van der Waals surface area contributed by atoms with Gasteiger partial charge in [-0.2, -0.15) is 0 Å². The molecule has 7 heteroatoms. The predicted molar refractivity (Wildman–Crippen MR) is 121 cm³/mol. The van der Waals surface area contributed by atoms with E-state index in [0.29, 0.717) is 13.0 Å². The fourth-order valence-electron chi connectivity index (χ4n) is 4.53. The Morgan fingerprint density at radius 3 is 2.66 bits per heavy atom. The third kappa shape index (κ3) is 4.35. The van der Waals surface area contributed by atoms with Crippen molar-refractivity contribution in [2.24, 2.45) is 0 Å². The van der Waals surface area contributed by atoms with Gasteiger partial charge >= 0.3 is 0 Å². The van der Waals surface area contributed by atoms with Gasteiger partial charge in [-0.3, -0.25) is 4.79 Å². The Morgan fingerprint density at radius 1 is 1.12 bits per heavy atom. The van der Waals surface area contributed by atoms with E-state index in [1.54, 1.807) is 12.1 Å². The Balaban J connectivity index is 1.39. The van der Waals surface area contributed by atoms with Crippen LogP contribution >= 0.6 is 11.3 Å². The first-order valence-electron chi connectivity index (χ1n) is 11.0. The van der Waals surface area contributed by atoms with Crippen LogP contribution in [0.5, 0.6) is 11.5 Å². The number of benzene rings is 2. The fourth-order valence-corrected chi connectivity index (χ4v) is 5.48. The topological polar surface area (TPSA) is 51.7 Å². The third-order valence-electron chi connectivity index (χ3n) is 6.11. The molecule has 1 fully saturated rings. The number of thiazole rings is 1. The number of hydrogen-bond donors (Lipinski definition) is 0. The molecule has 1 aromatic heterocycles. The summed E-state index contributed by atoms with van der Waals surface area (Å²) < 4.78 is 24.3. The minimum atomic E-state index is -0.283. The summed E-state index contributed by atoms with van der Waals surface area (Å²) in [6.07, 6.45) is 4.65. The monoisotopic (exact) mass is 452 g/mol.